The van der Waals surface area contributed by atoms with E-state index in [1.807, 2.05) is 0 Å². The minimum absolute atomic E-state index is 0.194. The summed E-state index contributed by atoms with van der Waals surface area (Å²) in [5, 5.41) is 2.93. The SMILES string of the molecule is CC(=Nc1ccc([Si](C)(C)C)cc1)c1ccc(C(C)=Nc2ccc([Si](C)(C)C)cc2)s1.[Cl][Fe][Cl]. The van der Waals surface area contributed by atoms with Crippen LogP contribution >= 0.6 is 31.5 Å². The van der Waals surface area contributed by atoms with E-state index in [0.29, 0.717) is 0 Å². The number of rotatable bonds is 6. The molecule has 0 N–H and O–H groups in total. The van der Waals surface area contributed by atoms with Crippen LogP contribution in [0.2, 0.25) is 39.3 Å². The summed E-state index contributed by atoms with van der Waals surface area (Å²) in [5.74, 6) is 0. The van der Waals surface area contributed by atoms with Crippen LogP contribution in [-0.4, -0.2) is 27.6 Å². The molecule has 0 fully saturated rings. The minimum atomic E-state index is -1.27. The number of hydrogen-bond donors (Lipinski definition) is 0. The molecular formula is C26H34Cl2FeN2SSi2. The predicted octanol–water partition coefficient (Wildman–Crippen LogP) is 8.50. The summed E-state index contributed by atoms with van der Waals surface area (Å²) in [7, 11) is 6.98. The Balaban J connectivity index is 0.00000129. The Morgan fingerprint density at radius 1 is 0.618 bits per heavy atom. The van der Waals surface area contributed by atoms with E-state index in [-0.39, 0.29) is 13.1 Å². The van der Waals surface area contributed by atoms with Crippen LogP contribution in [0.15, 0.2) is 70.6 Å². The van der Waals surface area contributed by atoms with Crippen LogP contribution in [0.5, 0.6) is 0 Å². The van der Waals surface area contributed by atoms with Crippen molar-refractivity contribution in [3.63, 3.8) is 0 Å². The summed E-state index contributed by atoms with van der Waals surface area (Å²) in [5.41, 5.74) is 4.12. The van der Waals surface area contributed by atoms with Crippen LogP contribution in [0.3, 0.4) is 0 Å². The number of aliphatic imine (C=N–C) groups is 2. The molecule has 0 amide bonds. The first-order valence-corrected chi connectivity index (χ1v) is 22.0. The number of thiophene rings is 1. The molecular weight excluding hydrogens is 555 g/mol. The Morgan fingerprint density at radius 3 is 1.18 bits per heavy atom. The van der Waals surface area contributed by atoms with Gasteiger partial charge in [0, 0.05) is 9.75 Å². The van der Waals surface area contributed by atoms with Gasteiger partial charge < -0.3 is 0 Å². The molecule has 2 nitrogen and oxygen atoms in total. The van der Waals surface area contributed by atoms with Gasteiger partial charge in [-0.2, -0.15) is 0 Å². The van der Waals surface area contributed by atoms with Gasteiger partial charge in [0.05, 0.1) is 38.9 Å². The Bertz CT molecular complexity index is 1040. The summed E-state index contributed by atoms with van der Waals surface area (Å²) in [6, 6.07) is 21.8. The summed E-state index contributed by atoms with van der Waals surface area (Å²) >= 11 is 1.95. The molecule has 0 atom stereocenters. The maximum absolute atomic E-state index is 4.85. The van der Waals surface area contributed by atoms with Gasteiger partial charge in [-0.05, 0) is 50.2 Å². The van der Waals surface area contributed by atoms with Gasteiger partial charge in [-0.1, -0.05) is 73.9 Å². The van der Waals surface area contributed by atoms with Crippen LogP contribution in [-0.2, 0) is 13.1 Å². The molecule has 0 radical (unpaired) electrons. The first-order chi connectivity index (χ1) is 15.8. The fourth-order valence-electron chi connectivity index (χ4n) is 3.30. The molecule has 1 heterocycles. The second kappa shape index (κ2) is 12.8. The normalized spacial score (nSPS) is 13.0. The third-order valence-electron chi connectivity index (χ3n) is 5.38. The van der Waals surface area contributed by atoms with Crippen molar-refractivity contribution in [2.24, 2.45) is 9.98 Å². The van der Waals surface area contributed by atoms with Crippen molar-refractivity contribution in [2.45, 2.75) is 53.1 Å². The van der Waals surface area contributed by atoms with Gasteiger partial charge in [0.15, 0.2) is 0 Å². The van der Waals surface area contributed by atoms with Crippen LogP contribution in [0.1, 0.15) is 23.6 Å². The van der Waals surface area contributed by atoms with Gasteiger partial charge in [-0.3, -0.25) is 9.98 Å². The predicted molar refractivity (Wildman–Crippen MR) is 159 cm³/mol. The second-order valence-corrected chi connectivity index (χ2v) is 23.3. The third kappa shape index (κ3) is 8.90. The van der Waals surface area contributed by atoms with Crippen molar-refractivity contribution in [1.82, 2.24) is 0 Å². The van der Waals surface area contributed by atoms with Gasteiger partial charge in [0.1, 0.15) is 0 Å². The van der Waals surface area contributed by atoms with E-state index >= 15 is 0 Å². The zero-order chi connectivity index (χ0) is 25.5. The summed E-state index contributed by atoms with van der Waals surface area (Å²) in [6.45, 7) is 18.4. The molecule has 3 rings (SSSR count). The monoisotopic (exact) mass is 588 g/mol. The van der Waals surface area contributed by atoms with Gasteiger partial charge in [-0.25, -0.2) is 0 Å². The summed E-state index contributed by atoms with van der Waals surface area (Å²) in [4.78, 5) is 12.1. The van der Waals surface area contributed by atoms with Crippen LogP contribution in [0, 0.1) is 0 Å². The molecule has 3 aromatic rings. The molecule has 184 valence electrons. The van der Waals surface area contributed by atoms with E-state index < -0.39 is 16.1 Å². The molecule has 2 aromatic carbocycles. The van der Waals surface area contributed by atoms with Crippen molar-refractivity contribution >= 4 is 80.9 Å². The average molecular weight is 590 g/mol. The van der Waals surface area contributed by atoms with Gasteiger partial charge in [0.2, 0.25) is 0 Å². The van der Waals surface area contributed by atoms with E-state index in [1.54, 1.807) is 11.3 Å². The zero-order valence-electron chi connectivity index (χ0n) is 21.2. The molecule has 0 unspecified atom stereocenters. The molecule has 1 aromatic heterocycles. The maximum atomic E-state index is 4.85. The molecule has 0 aliphatic rings. The topological polar surface area (TPSA) is 24.7 Å². The summed E-state index contributed by atoms with van der Waals surface area (Å²) < 4.78 is 0. The molecule has 34 heavy (non-hydrogen) atoms. The second-order valence-electron chi connectivity index (χ2n) is 10.2. The Labute approximate surface area is 226 Å². The molecule has 0 spiro atoms. The first-order valence-electron chi connectivity index (χ1n) is 11.1. The van der Waals surface area contributed by atoms with Gasteiger partial charge in [0.25, 0.3) is 0 Å². The van der Waals surface area contributed by atoms with E-state index in [1.165, 1.54) is 20.1 Å². The zero-order valence-corrected chi connectivity index (χ0v) is 26.6. The number of nitrogens with zero attached hydrogens (tertiary/aromatic N) is 2. The molecule has 0 saturated carbocycles. The molecule has 0 bridgehead atoms. The quantitative estimate of drug-likeness (QED) is 0.204. The fraction of sp³-hybridized carbons (Fsp3) is 0.308. The van der Waals surface area contributed by atoms with Crippen molar-refractivity contribution in [3.05, 3.63) is 70.4 Å². The Hall–Kier alpha value is -0.987. The van der Waals surface area contributed by atoms with E-state index in [2.05, 4.69) is 114 Å². The summed E-state index contributed by atoms with van der Waals surface area (Å²) in [6.07, 6.45) is 0. The van der Waals surface area contributed by atoms with Crippen molar-refractivity contribution in [2.75, 3.05) is 0 Å². The number of hydrogen-bond acceptors (Lipinski definition) is 3. The van der Waals surface area contributed by atoms with E-state index in [0.717, 1.165) is 22.8 Å². The van der Waals surface area contributed by atoms with E-state index in [9.17, 15) is 0 Å². The van der Waals surface area contributed by atoms with E-state index in [4.69, 9.17) is 30.2 Å². The standard InChI is InChI=1S/C26H34N2SSi2.2ClH.Fe/c1-19(27-21-9-13-23(14-10-21)30(3,4)5)25-17-18-26(29-25)20(2)28-22-11-15-24(16-12-22)31(6,7)8;;;/h9-18H,1-8H3;2*1H;/q;;;+2/p-2. The van der Waals surface area contributed by atoms with Crippen molar-refractivity contribution < 1.29 is 13.1 Å². The van der Waals surface area contributed by atoms with Crippen molar-refractivity contribution in [1.29, 1.82) is 0 Å². The van der Waals surface area contributed by atoms with Crippen LogP contribution < -0.4 is 10.4 Å². The third-order valence-corrected chi connectivity index (χ3v) is 10.8. The molecule has 0 aliphatic heterocycles. The number of halogens is 2. The van der Waals surface area contributed by atoms with Gasteiger partial charge >= 0.3 is 33.3 Å². The van der Waals surface area contributed by atoms with Crippen LogP contribution in [0.4, 0.5) is 11.4 Å². The van der Waals surface area contributed by atoms with Crippen LogP contribution in [0.25, 0.3) is 0 Å². The van der Waals surface area contributed by atoms with Crippen molar-refractivity contribution in [3.8, 4) is 0 Å². The van der Waals surface area contributed by atoms with Gasteiger partial charge in [-0.15, -0.1) is 11.3 Å². The Kier molecular flexibility index (Phi) is 11.0. The first kappa shape index (κ1) is 29.2. The fourth-order valence-corrected chi connectivity index (χ4v) is 6.53. The Morgan fingerprint density at radius 2 is 0.912 bits per heavy atom. The average Bonchev–Trinajstić information content (AvgIpc) is 3.24. The number of benzene rings is 2. The molecule has 0 saturated heterocycles. The molecule has 8 heteroatoms. The molecule has 0 aliphatic carbocycles.